The molecule has 4 rings (SSSR count). The molecule has 31 heavy (non-hydrogen) atoms. The number of carbonyl (C=O) groups excluding carboxylic acids is 1. The summed E-state index contributed by atoms with van der Waals surface area (Å²) in [5.74, 6) is -0.751. The molecule has 0 saturated heterocycles. The molecule has 0 saturated carbocycles. The fraction of sp³-hybridized carbons (Fsp3) is 0.120. The van der Waals surface area contributed by atoms with Gasteiger partial charge in [0.1, 0.15) is 5.75 Å². The van der Waals surface area contributed by atoms with E-state index in [1.165, 1.54) is 0 Å². The maximum atomic E-state index is 13.0. The predicted octanol–water partition coefficient (Wildman–Crippen LogP) is 4.08. The number of hydrogen-bond donors (Lipinski definition) is 2. The van der Waals surface area contributed by atoms with Crippen LogP contribution < -0.4 is 10.1 Å². The molecule has 4 aromatic rings. The Hall–Kier alpha value is -4.06. The van der Waals surface area contributed by atoms with Gasteiger partial charge in [-0.3, -0.25) is 4.79 Å². The van der Waals surface area contributed by atoms with E-state index in [4.69, 9.17) is 9.84 Å². The molecule has 156 valence electrons. The van der Waals surface area contributed by atoms with Crippen LogP contribution in [0.2, 0.25) is 0 Å². The second-order valence-corrected chi connectivity index (χ2v) is 7.19. The third kappa shape index (κ3) is 4.93. The molecule has 0 fully saturated rings. The van der Waals surface area contributed by atoms with Crippen molar-refractivity contribution in [3.63, 3.8) is 0 Å². The standard InChI is InChI=1S/C25H22N2O4/c28-24(29)17-31-20-10-6-9-19(13-20)14-26-25(30)22-16-27(15-18-7-2-1-3-8-18)23-12-5-4-11-21(22)23/h1-13,16H,14-15,17H2,(H,26,30)(H,28,29). The second-order valence-electron chi connectivity index (χ2n) is 7.19. The number of hydrogen-bond acceptors (Lipinski definition) is 3. The molecule has 0 aliphatic heterocycles. The quantitative estimate of drug-likeness (QED) is 0.455. The monoisotopic (exact) mass is 414 g/mol. The topological polar surface area (TPSA) is 80.6 Å². The van der Waals surface area contributed by atoms with Crippen molar-refractivity contribution in [1.82, 2.24) is 9.88 Å². The molecule has 0 spiro atoms. The zero-order valence-electron chi connectivity index (χ0n) is 16.8. The van der Waals surface area contributed by atoms with Gasteiger partial charge in [0, 0.05) is 30.2 Å². The summed E-state index contributed by atoms with van der Waals surface area (Å²) in [6.45, 7) is 0.579. The smallest absolute Gasteiger partial charge is 0.341 e. The lowest BCUT2D eigenvalue weighted by atomic mass is 10.1. The van der Waals surface area contributed by atoms with Gasteiger partial charge in [0.15, 0.2) is 6.61 Å². The minimum Gasteiger partial charge on any atom is -0.482 e. The number of ether oxygens (including phenoxy) is 1. The van der Waals surface area contributed by atoms with Crippen LogP contribution in [-0.4, -0.2) is 28.2 Å². The highest BCUT2D eigenvalue weighted by Crippen LogP contribution is 2.23. The molecule has 1 heterocycles. The van der Waals surface area contributed by atoms with Crippen molar-refractivity contribution < 1.29 is 19.4 Å². The van der Waals surface area contributed by atoms with Crippen LogP contribution in [0.4, 0.5) is 0 Å². The third-order valence-corrected chi connectivity index (χ3v) is 4.94. The highest BCUT2D eigenvalue weighted by atomic mass is 16.5. The van der Waals surface area contributed by atoms with E-state index in [2.05, 4.69) is 22.0 Å². The number of carboxylic acid groups (broad SMARTS) is 1. The van der Waals surface area contributed by atoms with Crippen molar-refractivity contribution in [1.29, 1.82) is 0 Å². The maximum absolute atomic E-state index is 13.0. The van der Waals surface area contributed by atoms with Gasteiger partial charge in [-0.25, -0.2) is 4.79 Å². The first kappa shape index (κ1) is 20.2. The molecule has 0 radical (unpaired) electrons. The van der Waals surface area contributed by atoms with Crippen LogP contribution in [0, 0.1) is 0 Å². The van der Waals surface area contributed by atoms with E-state index in [9.17, 15) is 9.59 Å². The van der Waals surface area contributed by atoms with Gasteiger partial charge in [-0.1, -0.05) is 60.7 Å². The van der Waals surface area contributed by atoms with E-state index in [1.54, 1.807) is 18.2 Å². The number of carboxylic acids is 1. The minimum absolute atomic E-state index is 0.167. The Morgan fingerprint density at radius 1 is 0.903 bits per heavy atom. The van der Waals surface area contributed by atoms with E-state index in [-0.39, 0.29) is 5.91 Å². The summed E-state index contributed by atoms with van der Waals surface area (Å²) in [5.41, 5.74) is 3.60. The van der Waals surface area contributed by atoms with Crippen LogP contribution in [0.3, 0.4) is 0 Å². The Morgan fingerprint density at radius 2 is 1.65 bits per heavy atom. The average Bonchev–Trinajstić information content (AvgIpc) is 3.16. The lowest BCUT2D eigenvalue weighted by Crippen LogP contribution is -2.22. The predicted molar refractivity (Wildman–Crippen MR) is 118 cm³/mol. The van der Waals surface area contributed by atoms with Crippen LogP contribution in [-0.2, 0) is 17.9 Å². The fourth-order valence-corrected chi connectivity index (χ4v) is 3.51. The van der Waals surface area contributed by atoms with Crippen molar-refractivity contribution in [3.05, 3.63) is 102 Å². The van der Waals surface area contributed by atoms with Gasteiger partial charge in [0.05, 0.1) is 5.56 Å². The molecule has 0 aliphatic carbocycles. The number of benzene rings is 3. The van der Waals surface area contributed by atoms with E-state index in [0.29, 0.717) is 24.4 Å². The molecule has 0 atom stereocenters. The van der Waals surface area contributed by atoms with Crippen molar-refractivity contribution in [2.45, 2.75) is 13.1 Å². The van der Waals surface area contributed by atoms with Gasteiger partial charge in [-0.2, -0.15) is 0 Å². The first-order valence-corrected chi connectivity index (χ1v) is 9.93. The number of rotatable bonds is 8. The summed E-state index contributed by atoms with van der Waals surface area (Å²) in [6.07, 6.45) is 1.89. The van der Waals surface area contributed by atoms with Crippen molar-refractivity contribution in [2.24, 2.45) is 0 Å². The number of aliphatic carboxylic acids is 1. The number of nitrogens with one attached hydrogen (secondary N) is 1. The summed E-state index contributed by atoms with van der Waals surface area (Å²) in [7, 11) is 0. The summed E-state index contributed by atoms with van der Waals surface area (Å²) in [4.78, 5) is 23.6. The average molecular weight is 414 g/mol. The maximum Gasteiger partial charge on any atom is 0.341 e. The molecule has 0 bridgehead atoms. The molecule has 3 aromatic carbocycles. The van der Waals surface area contributed by atoms with Crippen molar-refractivity contribution >= 4 is 22.8 Å². The lowest BCUT2D eigenvalue weighted by molar-refractivity contribution is -0.139. The van der Waals surface area contributed by atoms with Crippen LogP contribution in [0.25, 0.3) is 10.9 Å². The molecule has 0 aliphatic rings. The number of para-hydroxylation sites is 1. The largest absolute Gasteiger partial charge is 0.482 e. The van der Waals surface area contributed by atoms with Crippen LogP contribution in [0.5, 0.6) is 5.75 Å². The van der Waals surface area contributed by atoms with Crippen molar-refractivity contribution in [3.8, 4) is 5.75 Å². The Morgan fingerprint density at radius 3 is 2.45 bits per heavy atom. The normalized spacial score (nSPS) is 10.7. The SMILES string of the molecule is O=C(O)COc1cccc(CNC(=O)c2cn(Cc3ccccc3)c3ccccc23)c1. The van der Waals surface area contributed by atoms with Gasteiger partial charge >= 0.3 is 5.97 Å². The Labute approximate surface area is 179 Å². The lowest BCUT2D eigenvalue weighted by Gasteiger charge is -2.08. The summed E-state index contributed by atoms with van der Waals surface area (Å²) in [6, 6.07) is 25.0. The Balaban J connectivity index is 1.51. The summed E-state index contributed by atoms with van der Waals surface area (Å²) >= 11 is 0. The first-order valence-electron chi connectivity index (χ1n) is 9.93. The Bertz CT molecular complexity index is 1210. The van der Waals surface area contributed by atoms with E-state index in [0.717, 1.165) is 22.0 Å². The van der Waals surface area contributed by atoms with Crippen LogP contribution in [0.15, 0.2) is 85.1 Å². The van der Waals surface area contributed by atoms with E-state index >= 15 is 0 Å². The highest BCUT2D eigenvalue weighted by molar-refractivity contribution is 6.07. The zero-order valence-corrected chi connectivity index (χ0v) is 16.8. The highest BCUT2D eigenvalue weighted by Gasteiger charge is 2.15. The number of fused-ring (bicyclic) bond motifs is 1. The molecule has 2 N–H and O–H groups in total. The van der Waals surface area contributed by atoms with Crippen molar-refractivity contribution in [2.75, 3.05) is 6.61 Å². The van der Waals surface area contributed by atoms with Gasteiger partial charge < -0.3 is 19.7 Å². The van der Waals surface area contributed by atoms with Crippen LogP contribution in [0.1, 0.15) is 21.5 Å². The number of aromatic nitrogens is 1. The van der Waals surface area contributed by atoms with Gasteiger partial charge in [0.25, 0.3) is 5.91 Å². The summed E-state index contributed by atoms with van der Waals surface area (Å²) in [5, 5.41) is 12.6. The zero-order chi connectivity index (χ0) is 21.6. The molecule has 0 unspecified atom stereocenters. The Kier molecular flexibility index (Phi) is 5.98. The molecule has 6 nitrogen and oxygen atoms in total. The number of amides is 1. The third-order valence-electron chi connectivity index (χ3n) is 4.94. The van der Waals surface area contributed by atoms with Gasteiger partial charge in [-0.05, 0) is 29.3 Å². The molecular formula is C25H22N2O4. The molecule has 6 heteroatoms. The van der Waals surface area contributed by atoms with E-state index in [1.807, 2.05) is 54.7 Å². The number of carbonyl (C=O) groups is 2. The van der Waals surface area contributed by atoms with Crippen LogP contribution >= 0.6 is 0 Å². The van der Waals surface area contributed by atoms with Gasteiger partial charge in [0.2, 0.25) is 0 Å². The van der Waals surface area contributed by atoms with Gasteiger partial charge in [-0.15, -0.1) is 0 Å². The summed E-state index contributed by atoms with van der Waals surface area (Å²) < 4.78 is 7.28. The first-order chi connectivity index (χ1) is 15.1. The fourth-order valence-electron chi connectivity index (χ4n) is 3.51. The molecular weight excluding hydrogens is 392 g/mol. The molecule has 1 aromatic heterocycles. The second kappa shape index (κ2) is 9.17. The molecule has 1 amide bonds. The number of nitrogens with zero attached hydrogens (tertiary/aromatic N) is 1. The van der Waals surface area contributed by atoms with E-state index < -0.39 is 12.6 Å². The minimum atomic E-state index is -1.04.